The maximum absolute atomic E-state index is 5.66. The van der Waals surface area contributed by atoms with Gasteiger partial charge in [-0.05, 0) is 25.3 Å². The van der Waals surface area contributed by atoms with Crippen LogP contribution in [0.4, 0.5) is 0 Å². The van der Waals surface area contributed by atoms with Gasteiger partial charge >= 0.3 is 0 Å². The molecule has 0 bridgehead atoms. The lowest BCUT2D eigenvalue weighted by Gasteiger charge is -2.05. The van der Waals surface area contributed by atoms with Crippen LogP contribution >= 0.6 is 11.3 Å². The molecule has 5 nitrogen and oxygen atoms in total. The molecule has 0 saturated heterocycles. The van der Waals surface area contributed by atoms with Crippen LogP contribution in [0.25, 0.3) is 4.96 Å². The Morgan fingerprint density at radius 3 is 2.89 bits per heavy atom. The Hall–Kier alpha value is -1.01. The number of hydrogen-bond donors (Lipinski definition) is 1. The van der Waals surface area contributed by atoms with Crippen LogP contribution in [-0.2, 0) is 6.42 Å². The molecule has 1 aliphatic rings. The van der Waals surface area contributed by atoms with Gasteiger partial charge in [0.2, 0.25) is 4.96 Å². The van der Waals surface area contributed by atoms with Gasteiger partial charge in [0, 0.05) is 12.3 Å². The minimum atomic E-state index is 0.476. The summed E-state index contributed by atoms with van der Waals surface area (Å²) in [5.74, 6) is 2.09. The third-order valence-electron chi connectivity index (χ3n) is 3.70. The SMILES string of the molecule is CC(CN)Cc1nn2c(C3CCCC3)nnc2s1. The van der Waals surface area contributed by atoms with Crippen LogP contribution in [-0.4, -0.2) is 26.4 Å². The maximum atomic E-state index is 5.66. The van der Waals surface area contributed by atoms with Crippen molar-refractivity contribution in [3.05, 3.63) is 10.8 Å². The molecule has 0 amide bonds. The zero-order valence-electron chi connectivity index (χ0n) is 10.7. The Labute approximate surface area is 110 Å². The first kappa shape index (κ1) is 12.0. The number of fused-ring (bicyclic) bond motifs is 1. The summed E-state index contributed by atoms with van der Waals surface area (Å²) in [4.78, 5) is 0.927. The second-order valence-corrected chi connectivity index (χ2v) is 6.32. The Kier molecular flexibility index (Phi) is 3.30. The first-order valence-electron chi connectivity index (χ1n) is 6.69. The fraction of sp³-hybridized carbons (Fsp3) is 0.750. The Bertz CT molecular complexity index is 526. The standard InChI is InChI=1S/C12H19N5S/c1-8(7-13)6-10-16-17-11(9-4-2-3-5-9)14-15-12(17)18-10/h8-9H,2-7,13H2,1H3. The van der Waals surface area contributed by atoms with Gasteiger partial charge < -0.3 is 5.73 Å². The van der Waals surface area contributed by atoms with Gasteiger partial charge in [-0.1, -0.05) is 31.1 Å². The largest absolute Gasteiger partial charge is 0.330 e. The highest BCUT2D eigenvalue weighted by Gasteiger charge is 2.24. The van der Waals surface area contributed by atoms with Crippen LogP contribution in [0.5, 0.6) is 0 Å². The van der Waals surface area contributed by atoms with Crippen molar-refractivity contribution in [3.8, 4) is 0 Å². The van der Waals surface area contributed by atoms with Crippen LogP contribution in [0, 0.1) is 5.92 Å². The lowest BCUT2D eigenvalue weighted by Crippen LogP contribution is -2.13. The van der Waals surface area contributed by atoms with E-state index in [1.807, 2.05) is 4.52 Å². The van der Waals surface area contributed by atoms with E-state index in [0.29, 0.717) is 18.4 Å². The van der Waals surface area contributed by atoms with E-state index in [9.17, 15) is 0 Å². The van der Waals surface area contributed by atoms with Crippen molar-refractivity contribution in [3.63, 3.8) is 0 Å². The molecule has 1 fully saturated rings. The summed E-state index contributed by atoms with van der Waals surface area (Å²) < 4.78 is 1.96. The summed E-state index contributed by atoms with van der Waals surface area (Å²) in [5.41, 5.74) is 5.66. The molecular weight excluding hydrogens is 246 g/mol. The van der Waals surface area contributed by atoms with Gasteiger partial charge in [0.05, 0.1) is 0 Å². The molecule has 1 saturated carbocycles. The van der Waals surface area contributed by atoms with Gasteiger partial charge in [-0.25, -0.2) is 0 Å². The predicted molar refractivity (Wildman–Crippen MR) is 71.8 cm³/mol. The van der Waals surface area contributed by atoms with E-state index in [0.717, 1.165) is 22.2 Å². The van der Waals surface area contributed by atoms with Gasteiger partial charge in [-0.3, -0.25) is 0 Å². The third-order valence-corrected chi connectivity index (χ3v) is 4.62. The number of nitrogens with zero attached hydrogens (tertiary/aromatic N) is 4. The number of nitrogens with two attached hydrogens (primary N) is 1. The molecule has 1 unspecified atom stereocenters. The van der Waals surface area contributed by atoms with Crippen LogP contribution in [0.3, 0.4) is 0 Å². The topological polar surface area (TPSA) is 69.1 Å². The molecule has 0 aliphatic heterocycles. The molecule has 2 heterocycles. The summed E-state index contributed by atoms with van der Waals surface area (Å²) in [7, 11) is 0. The molecule has 1 aliphatic carbocycles. The molecule has 0 radical (unpaired) electrons. The molecule has 2 aromatic rings. The van der Waals surface area contributed by atoms with Crippen molar-refractivity contribution in [1.29, 1.82) is 0 Å². The molecule has 1 atom stereocenters. The predicted octanol–water partition coefficient (Wildman–Crippen LogP) is 1.98. The van der Waals surface area contributed by atoms with Crippen LogP contribution in [0.1, 0.15) is 49.4 Å². The first-order valence-corrected chi connectivity index (χ1v) is 7.50. The van der Waals surface area contributed by atoms with Crippen molar-refractivity contribution < 1.29 is 0 Å². The van der Waals surface area contributed by atoms with Crippen molar-refractivity contribution in [2.75, 3.05) is 6.54 Å². The number of rotatable bonds is 4. The van der Waals surface area contributed by atoms with E-state index in [4.69, 9.17) is 5.73 Å². The Balaban J connectivity index is 1.88. The average molecular weight is 265 g/mol. The normalized spacial score (nSPS) is 18.8. The second kappa shape index (κ2) is 4.93. The number of hydrogen-bond acceptors (Lipinski definition) is 5. The molecule has 6 heteroatoms. The maximum Gasteiger partial charge on any atom is 0.234 e. The molecule has 0 aromatic carbocycles. The summed E-state index contributed by atoms with van der Waals surface area (Å²) >= 11 is 1.64. The summed E-state index contributed by atoms with van der Waals surface area (Å²) in [5, 5.41) is 14.4. The highest BCUT2D eigenvalue weighted by Crippen LogP contribution is 2.33. The molecule has 98 valence electrons. The highest BCUT2D eigenvalue weighted by molar-refractivity contribution is 7.16. The fourth-order valence-electron chi connectivity index (χ4n) is 2.57. The van der Waals surface area contributed by atoms with Crippen molar-refractivity contribution in [1.82, 2.24) is 19.8 Å². The quantitative estimate of drug-likeness (QED) is 0.917. The van der Waals surface area contributed by atoms with Gasteiger partial charge in [-0.2, -0.15) is 9.61 Å². The Morgan fingerprint density at radius 2 is 2.17 bits per heavy atom. The number of aromatic nitrogens is 4. The minimum Gasteiger partial charge on any atom is -0.330 e. The summed E-state index contributed by atoms with van der Waals surface area (Å²) in [6.07, 6.45) is 6.01. The average Bonchev–Trinajstić information content (AvgIpc) is 3.03. The van der Waals surface area contributed by atoms with E-state index in [2.05, 4.69) is 22.2 Å². The second-order valence-electron chi connectivity index (χ2n) is 5.27. The highest BCUT2D eigenvalue weighted by atomic mass is 32.1. The van der Waals surface area contributed by atoms with E-state index in [-0.39, 0.29) is 0 Å². The van der Waals surface area contributed by atoms with Gasteiger partial charge in [-0.15, -0.1) is 10.2 Å². The molecular formula is C12H19N5S. The summed E-state index contributed by atoms with van der Waals surface area (Å²) in [6.45, 7) is 2.86. The van der Waals surface area contributed by atoms with E-state index in [1.54, 1.807) is 11.3 Å². The smallest absolute Gasteiger partial charge is 0.234 e. The molecule has 0 spiro atoms. The third kappa shape index (κ3) is 2.14. The lowest BCUT2D eigenvalue weighted by atomic mass is 10.1. The lowest BCUT2D eigenvalue weighted by molar-refractivity contribution is 0.580. The molecule has 2 aromatic heterocycles. The van der Waals surface area contributed by atoms with Crippen molar-refractivity contribution in [2.45, 2.75) is 44.9 Å². The Morgan fingerprint density at radius 1 is 1.39 bits per heavy atom. The first-order chi connectivity index (χ1) is 8.78. The van der Waals surface area contributed by atoms with Crippen molar-refractivity contribution in [2.24, 2.45) is 11.7 Å². The van der Waals surface area contributed by atoms with Gasteiger partial charge in [0.25, 0.3) is 0 Å². The fourth-order valence-corrected chi connectivity index (χ4v) is 3.58. The van der Waals surface area contributed by atoms with Crippen LogP contribution in [0.15, 0.2) is 0 Å². The van der Waals surface area contributed by atoms with Crippen LogP contribution in [0.2, 0.25) is 0 Å². The monoisotopic (exact) mass is 265 g/mol. The van der Waals surface area contributed by atoms with E-state index >= 15 is 0 Å². The van der Waals surface area contributed by atoms with Crippen LogP contribution < -0.4 is 5.73 Å². The van der Waals surface area contributed by atoms with Gasteiger partial charge in [0.15, 0.2) is 5.82 Å². The van der Waals surface area contributed by atoms with E-state index in [1.165, 1.54) is 25.7 Å². The molecule has 2 N–H and O–H groups in total. The summed E-state index contributed by atoms with van der Waals surface area (Å²) in [6, 6.07) is 0. The van der Waals surface area contributed by atoms with E-state index < -0.39 is 0 Å². The van der Waals surface area contributed by atoms with Crippen molar-refractivity contribution >= 4 is 16.3 Å². The molecule has 18 heavy (non-hydrogen) atoms. The molecule has 3 rings (SSSR count). The van der Waals surface area contributed by atoms with Gasteiger partial charge in [0.1, 0.15) is 5.01 Å². The minimum absolute atomic E-state index is 0.476. The zero-order valence-corrected chi connectivity index (χ0v) is 11.5. The zero-order chi connectivity index (χ0) is 12.5.